The van der Waals surface area contributed by atoms with Gasteiger partial charge in [0, 0.05) is 24.7 Å². The highest BCUT2D eigenvalue weighted by molar-refractivity contribution is 6.74. The van der Waals surface area contributed by atoms with E-state index in [4.69, 9.17) is 18.3 Å². The molecule has 5 atom stereocenters. The minimum Gasteiger partial charge on any atom is -0.491 e. The van der Waals surface area contributed by atoms with Gasteiger partial charge in [0.2, 0.25) is 0 Å². The molecule has 5 nitrogen and oxygen atoms in total. The molecule has 1 unspecified atom stereocenters. The molecule has 1 aromatic rings. The second kappa shape index (κ2) is 17.3. The number of hydrogen-bond donors (Lipinski definition) is 0. The molecular formula is C35H55F3O5Si2. The molecule has 0 radical (unpaired) electrons. The van der Waals surface area contributed by atoms with E-state index in [-0.39, 0.29) is 42.4 Å². The van der Waals surface area contributed by atoms with Crippen molar-refractivity contribution in [1.82, 2.24) is 0 Å². The van der Waals surface area contributed by atoms with Gasteiger partial charge in [0.05, 0.1) is 17.8 Å². The highest BCUT2D eigenvalue weighted by Gasteiger charge is 2.47. The van der Waals surface area contributed by atoms with E-state index in [1.165, 1.54) is 6.07 Å². The number of alkyl halides is 3. The molecule has 1 aliphatic carbocycles. The number of rotatable bonds is 15. The summed E-state index contributed by atoms with van der Waals surface area (Å²) in [7, 11) is -4.07. The molecule has 45 heavy (non-hydrogen) atoms. The van der Waals surface area contributed by atoms with E-state index in [1.54, 1.807) is 6.07 Å². The molecule has 0 saturated heterocycles. The number of fused-ring (bicyclic) bond motifs is 1. The third-order valence-corrected chi connectivity index (χ3v) is 19.6. The highest BCUT2D eigenvalue weighted by atomic mass is 28.4. The van der Waals surface area contributed by atoms with Crippen LogP contribution < -0.4 is 4.74 Å². The molecule has 3 rings (SSSR count). The van der Waals surface area contributed by atoms with E-state index in [2.05, 4.69) is 65.8 Å². The van der Waals surface area contributed by atoms with Crippen LogP contribution in [0.1, 0.15) is 79.2 Å². The van der Waals surface area contributed by atoms with E-state index in [1.807, 2.05) is 0 Å². The lowest BCUT2D eigenvalue weighted by atomic mass is 9.89. The molecular weight excluding hydrogens is 614 g/mol. The zero-order chi connectivity index (χ0) is 33.1. The Morgan fingerprint density at radius 3 is 2.27 bits per heavy atom. The second-order valence-corrected chi connectivity index (χ2v) is 22.1. The zero-order valence-electron chi connectivity index (χ0n) is 28.2. The second-order valence-electron chi connectivity index (χ2n) is 12.6. The Labute approximate surface area is 271 Å². The number of carbonyl (C=O) groups excluding carboxylic acids is 1. The van der Waals surface area contributed by atoms with Crippen molar-refractivity contribution in [3.8, 4) is 5.75 Å². The van der Waals surface area contributed by atoms with Gasteiger partial charge in [-0.15, -0.1) is 0 Å². The van der Waals surface area contributed by atoms with Gasteiger partial charge in [-0.2, -0.15) is 13.2 Å². The Hall–Kier alpha value is -1.89. The van der Waals surface area contributed by atoms with Crippen LogP contribution in [0.25, 0.3) is 0 Å². The molecule has 0 amide bonds. The van der Waals surface area contributed by atoms with Crippen molar-refractivity contribution in [2.45, 2.75) is 134 Å². The normalized spacial score (nSPS) is 24.7. The van der Waals surface area contributed by atoms with Gasteiger partial charge in [0.15, 0.2) is 16.6 Å². The Kier molecular flexibility index (Phi) is 14.5. The fourth-order valence-electron chi connectivity index (χ4n) is 6.85. The van der Waals surface area contributed by atoms with Gasteiger partial charge in [-0.05, 0) is 73.7 Å². The van der Waals surface area contributed by atoms with Crippen LogP contribution in [0.2, 0.25) is 36.3 Å². The van der Waals surface area contributed by atoms with Gasteiger partial charge >= 0.3 is 12.1 Å². The molecule has 10 heteroatoms. The minimum atomic E-state index is -4.45. The van der Waals surface area contributed by atoms with E-state index >= 15 is 0 Å². The summed E-state index contributed by atoms with van der Waals surface area (Å²) in [6, 6.07) is 10.9. The lowest BCUT2D eigenvalue weighted by Crippen LogP contribution is -2.42. The maximum Gasteiger partial charge on any atom is 0.416 e. The van der Waals surface area contributed by atoms with Crippen molar-refractivity contribution in [2.24, 2.45) is 11.8 Å². The summed E-state index contributed by atoms with van der Waals surface area (Å²) < 4.78 is 66.2. The Balaban J connectivity index is 1.97. The van der Waals surface area contributed by atoms with Crippen LogP contribution in [-0.2, 0) is 24.6 Å². The number of hydrogen-bond acceptors (Lipinski definition) is 5. The fourth-order valence-corrected chi connectivity index (χ4v) is 12.5. The molecule has 0 N–H and O–H groups in total. The molecule has 2 aliphatic rings. The first-order chi connectivity index (χ1) is 21.5. The molecule has 0 bridgehead atoms. The van der Waals surface area contributed by atoms with Crippen molar-refractivity contribution in [3.05, 3.63) is 54.1 Å². The lowest BCUT2D eigenvalue weighted by Gasteiger charge is -2.35. The summed E-state index contributed by atoms with van der Waals surface area (Å²) in [5.41, 5.74) is -0.738. The number of ether oxygens (including phenoxy) is 2. The van der Waals surface area contributed by atoms with E-state index < -0.39 is 34.5 Å². The zero-order valence-corrected chi connectivity index (χ0v) is 30.2. The molecule has 1 aliphatic heterocycles. The summed E-state index contributed by atoms with van der Waals surface area (Å²) in [6.45, 7) is 13.2. The number of allylic oxidation sites excluding steroid dienone is 2. The van der Waals surface area contributed by atoms with Gasteiger partial charge in [0.25, 0.3) is 0 Å². The fraction of sp³-hybridized carbons (Fsp3) is 0.686. The average molecular weight is 669 g/mol. The summed E-state index contributed by atoms with van der Waals surface area (Å²) in [6.07, 6.45) is 6.94. The van der Waals surface area contributed by atoms with Crippen LogP contribution in [-0.4, -0.2) is 47.5 Å². The van der Waals surface area contributed by atoms with Gasteiger partial charge in [-0.1, -0.05) is 71.9 Å². The SMILES string of the molecule is CC[Si](CC)(CC)OC1C[C@@H]2OC(=O)CCC/C=C\C[C@@H]2[C@H]1/C=C/[C@H](COc1cccc(C(F)(F)F)c1)O[Si](CC)(CC)CC. The molecule has 1 aromatic carbocycles. The average Bonchev–Trinajstić information content (AvgIpc) is 3.35. The molecule has 1 saturated carbocycles. The van der Waals surface area contributed by atoms with Gasteiger partial charge < -0.3 is 18.3 Å². The van der Waals surface area contributed by atoms with Gasteiger partial charge in [-0.25, -0.2) is 0 Å². The maximum atomic E-state index is 13.4. The summed E-state index contributed by atoms with van der Waals surface area (Å²) in [5, 5.41) is 0. The molecule has 1 heterocycles. The third-order valence-electron chi connectivity index (χ3n) is 10.3. The first-order valence-corrected chi connectivity index (χ1v) is 22.2. The monoisotopic (exact) mass is 668 g/mol. The predicted molar refractivity (Wildman–Crippen MR) is 179 cm³/mol. The predicted octanol–water partition coefficient (Wildman–Crippen LogP) is 10.1. The topological polar surface area (TPSA) is 54.0 Å². The van der Waals surface area contributed by atoms with Crippen LogP contribution in [0, 0.1) is 11.8 Å². The number of halogens is 3. The van der Waals surface area contributed by atoms with Crippen LogP contribution in [0.3, 0.4) is 0 Å². The van der Waals surface area contributed by atoms with Crippen LogP contribution in [0.15, 0.2) is 48.6 Å². The quantitative estimate of drug-likeness (QED) is 0.106. The van der Waals surface area contributed by atoms with Gasteiger partial charge in [0.1, 0.15) is 18.5 Å². The number of esters is 1. The Morgan fingerprint density at radius 1 is 0.978 bits per heavy atom. The Morgan fingerprint density at radius 2 is 1.64 bits per heavy atom. The molecule has 0 spiro atoms. The summed E-state index contributed by atoms with van der Waals surface area (Å²) in [5.74, 6) is 0.0927. The third kappa shape index (κ3) is 10.3. The van der Waals surface area contributed by atoms with Crippen LogP contribution in [0.4, 0.5) is 13.2 Å². The Bertz CT molecular complexity index is 1100. The van der Waals surface area contributed by atoms with E-state index in [9.17, 15) is 18.0 Å². The van der Waals surface area contributed by atoms with Gasteiger partial charge in [-0.3, -0.25) is 4.79 Å². The lowest BCUT2D eigenvalue weighted by molar-refractivity contribution is -0.151. The molecule has 254 valence electrons. The summed E-state index contributed by atoms with van der Waals surface area (Å²) in [4.78, 5) is 12.7. The van der Waals surface area contributed by atoms with E-state index in [0.29, 0.717) is 12.8 Å². The number of benzene rings is 1. The summed E-state index contributed by atoms with van der Waals surface area (Å²) >= 11 is 0. The smallest absolute Gasteiger partial charge is 0.416 e. The standard InChI is InChI=1S/C35H55F3O5Si2/c1-7-44(8-2,9-3)42-29(26-40-28-19-17-18-27(24-28)35(36,37)38)22-23-31-30-20-15-13-14-16-21-34(39)41-32(30)25-33(31)43-45(10-4,11-5)12-6/h13,15,17-19,22-24,29-33H,7-12,14,16,20-21,25-26H2,1-6H3/b15-13-,23-22+/t29-,30-,31-,32+,33?/m1/s1. The van der Waals surface area contributed by atoms with Crippen molar-refractivity contribution in [2.75, 3.05) is 6.61 Å². The van der Waals surface area contributed by atoms with Crippen molar-refractivity contribution < 1.29 is 36.3 Å². The van der Waals surface area contributed by atoms with E-state index in [0.717, 1.165) is 67.7 Å². The number of carbonyl (C=O) groups is 1. The van der Waals surface area contributed by atoms with Crippen molar-refractivity contribution >= 4 is 22.6 Å². The highest BCUT2D eigenvalue weighted by Crippen LogP contribution is 2.43. The van der Waals surface area contributed by atoms with Crippen LogP contribution in [0.5, 0.6) is 5.75 Å². The van der Waals surface area contributed by atoms with Crippen molar-refractivity contribution in [1.29, 1.82) is 0 Å². The maximum absolute atomic E-state index is 13.4. The molecule has 0 aromatic heterocycles. The molecule has 1 fully saturated rings. The minimum absolute atomic E-state index is 0.00371. The first kappa shape index (κ1) is 37.6. The van der Waals surface area contributed by atoms with Crippen LogP contribution >= 0.6 is 0 Å². The largest absolute Gasteiger partial charge is 0.491 e. The van der Waals surface area contributed by atoms with Crippen molar-refractivity contribution in [3.63, 3.8) is 0 Å². The first-order valence-electron chi connectivity index (χ1n) is 17.2.